The van der Waals surface area contributed by atoms with Crippen molar-refractivity contribution in [2.24, 2.45) is 0 Å². The lowest BCUT2D eigenvalue weighted by Crippen LogP contribution is -2.16. The number of fused-ring (bicyclic) bond motifs is 1. The summed E-state index contributed by atoms with van der Waals surface area (Å²) in [5.74, 6) is -0.529. The molecular formula is C19H12ClF3N4O2. The summed E-state index contributed by atoms with van der Waals surface area (Å²) in [5, 5.41) is 6.81. The van der Waals surface area contributed by atoms with Crippen molar-refractivity contribution in [1.82, 2.24) is 14.6 Å². The van der Waals surface area contributed by atoms with Crippen molar-refractivity contribution < 1.29 is 22.4 Å². The van der Waals surface area contributed by atoms with E-state index < -0.39 is 17.8 Å². The molecule has 0 saturated heterocycles. The van der Waals surface area contributed by atoms with Crippen LogP contribution in [-0.4, -0.2) is 20.5 Å². The van der Waals surface area contributed by atoms with E-state index in [0.29, 0.717) is 20.8 Å². The number of halogens is 4. The Balaban J connectivity index is 1.84. The van der Waals surface area contributed by atoms with Gasteiger partial charge in [0, 0.05) is 10.7 Å². The Bertz CT molecular complexity index is 1220. The minimum absolute atomic E-state index is 0.0664. The molecule has 3 heterocycles. The maximum Gasteiger partial charge on any atom is 0.433 e. The van der Waals surface area contributed by atoms with E-state index in [-0.39, 0.29) is 22.7 Å². The number of amides is 1. The summed E-state index contributed by atoms with van der Waals surface area (Å²) in [6.45, 7) is 1.71. The third kappa shape index (κ3) is 3.44. The van der Waals surface area contributed by atoms with E-state index in [2.05, 4.69) is 15.4 Å². The van der Waals surface area contributed by atoms with Crippen molar-refractivity contribution in [3.63, 3.8) is 0 Å². The molecule has 0 bridgehead atoms. The number of aromatic nitrogens is 3. The summed E-state index contributed by atoms with van der Waals surface area (Å²) in [6.07, 6.45) is -2.36. The number of nitrogens with one attached hydrogen (secondary N) is 1. The van der Waals surface area contributed by atoms with Crippen LogP contribution in [0.3, 0.4) is 0 Å². The van der Waals surface area contributed by atoms with Gasteiger partial charge >= 0.3 is 6.18 Å². The van der Waals surface area contributed by atoms with Gasteiger partial charge in [-0.05, 0) is 42.8 Å². The molecule has 0 aliphatic carbocycles. The number of carbonyl (C=O) groups excluding carboxylic acids is 1. The molecule has 0 fully saturated rings. The standard InChI is InChI=1S/C19H12ClF3N4O2/c1-10-12(20)4-2-5-13(10)26-18(28)11-9-24-27-16(19(21,22)23)8-14(25-17(11)27)15-6-3-7-29-15/h2-9H,1H3,(H,26,28). The van der Waals surface area contributed by atoms with Crippen molar-refractivity contribution in [1.29, 1.82) is 0 Å². The van der Waals surface area contributed by atoms with Crippen LogP contribution in [0.25, 0.3) is 17.1 Å². The number of hydrogen-bond donors (Lipinski definition) is 1. The highest BCUT2D eigenvalue weighted by Crippen LogP contribution is 2.33. The van der Waals surface area contributed by atoms with E-state index in [9.17, 15) is 18.0 Å². The Morgan fingerprint density at radius 2 is 2.03 bits per heavy atom. The zero-order valence-corrected chi connectivity index (χ0v) is 15.5. The minimum atomic E-state index is -4.72. The second kappa shape index (κ2) is 6.93. The summed E-state index contributed by atoms with van der Waals surface area (Å²) >= 11 is 6.05. The monoisotopic (exact) mass is 420 g/mol. The maximum absolute atomic E-state index is 13.6. The van der Waals surface area contributed by atoms with E-state index in [4.69, 9.17) is 16.0 Å². The Labute approximate surface area is 166 Å². The Kier molecular flexibility index (Phi) is 4.54. The fourth-order valence-electron chi connectivity index (χ4n) is 2.81. The summed E-state index contributed by atoms with van der Waals surface area (Å²) in [7, 11) is 0. The third-order valence-electron chi connectivity index (χ3n) is 4.30. The smallest absolute Gasteiger partial charge is 0.433 e. The van der Waals surface area contributed by atoms with Crippen LogP contribution in [0.15, 0.2) is 53.3 Å². The van der Waals surface area contributed by atoms with Gasteiger partial charge in [0.25, 0.3) is 5.91 Å². The summed E-state index contributed by atoms with van der Waals surface area (Å²) in [6, 6.07) is 8.77. The van der Waals surface area contributed by atoms with E-state index >= 15 is 0 Å². The fourth-order valence-corrected chi connectivity index (χ4v) is 2.98. The fraction of sp³-hybridized carbons (Fsp3) is 0.105. The predicted molar refractivity (Wildman–Crippen MR) is 99.8 cm³/mol. The zero-order valence-electron chi connectivity index (χ0n) is 14.8. The average Bonchev–Trinajstić information content (AvgIpc) is 3.33. The van der Waals surface area contributed by atoms with Gasteiger partial charge in [-0.15, -0.1) is 0 Å². The van der Waals surface area contributed by atoms with E-state index in [1.165, 1.54) is 18.4 Å². The Morgan fingerprint density at radius 3 is 2.72 bits per heavy atom. The molecule has 148 valence electrons. The molecule has 0 radical (unpaired) electrons. The molecule has 3 aromatic heterocycles. The number of benzene rings is 1. The SMILES string of the molecule is Cc1c(Cl)cccc1NC(=O)c1cnn2c(C(F)(F)F)cc(-c3ccco3)nc12. The second-order valence-electron chi connectivity index (χ2n) is 6.16. The average molecular weight is 421 g/mol. The van der Waals surface area contributed by atoms with Crippen molar-refractivity contribution in [2.75, 3.05) is 5.32 Å². The van der Waals surface area contributed by atoms with Crippen molar-refractivity contribution >= 4 is 28.8 Å². The molecule has 0 saturated carbocycles. The third-order valence-corrected chi connectivity index (χ3v) is 4.71. The highest BCUT2D eigenvalue weighted by Gasteiger charge is 2.36. The number of alkyl halides is 3. The number of furan rings is 1. The molecule has 1 amide bonds. The zero-order chi connectivity index (χ0) is 20.8. The number of rotatable bonds is 3. The van der Waals surface area contributed by atoms with Gasteiger partial charge in [0.05, 0.1) is 12.5 Å². The van der Waals surface area contributed by atoms with Gasteiger partial charge in [0.2, 0.25) is 0 Å². The van der Waals surface area contributed by atoms with Gasteiger partial charge < -0.3 is 9.73 Å². The molecule has 0 atom stereocenters. The van der Waals surface area contributed by atoms with Gasteiger partial charge in [0.15, 0.2) is 17.1 Å². The normalized spacial score (nSPS) is 11.8. The lowest BCUT2D eigenvalue weighted by molar-refractivity contribution is -0.142. The van der Waals surface area contributed by atoms with Gasteiger partial charge in [-0.3, -0.25) is 4.79 Å². The van der Waals surface area contributed by atoms with Crippen molar-refractivity contribution in [3.8, 4) is 11.5 Å². The van der Waals surface area contributed by atoms with Crippen LogP contribution in [0.4, 0.5) is 18.9 Å². The van der Waals surface area contributed by atoms with Gasteiger partial charge in [0.1, 0.15) is 11.3 Å². The molecule has 0 aliphatic rings. The van der Waals surface area contributed by atoms with Crippen LogP contribution >= 0.6 is 11.6 Å². The molecule has 4 rings (SSSR count). The quantitative estimate of drug-likeness (QED) is 0.493. The number of hydrogen-bond acceptors (Lipinski definition) is 4. The van der Waals surface area contributed by atoms with E-state index in [0.717, 1.165) is 12.3 Å². The van der Waals surface area contributed by atoms with Crippen LogP contribution < -0.4 is 5.32 Å². The first-order valence-corrected chi connectivity index (χ1v) is 8.70. The Hall–Kier alpha value is -3.33. The summed E-state index contributed by atoms with van der Waals surface area (Å²) in [4.78, 5) is 16.9. The van der Waals surface area contributed by atoms with Crippen molar-refractivity contribution in [2.45, 2.75) is 13.1 Å². The minimum Gasteiger partial charge on any atom is -0.463 e. The lowest BCUT2D eigenvalue weighted by atomic mass is 10.2. The summed E-state index contributed by atoms with van der Waals surface area (Å²) < 4.78 is 46.4. The van der Waals surface area contributed by atoms with Gasteiger partial charge in [-0.25, -0.2) is 9.50 Å². The van der Waals surface area contributed by atoms with Crippen LogP contribution in [-0.2, 0) is 6.18 Å². The molecule has 4 aromatic rings. The van der Waals surface area contributed by atoms with Gasteiger partial charge in [-0.2, -0.15) is 18.3 Å². The molecule has 1 N–H and O–H groups in total. The molecule has 29 heavy (non-hydrogen) atoms. The largest absolute Gasteiger partial charge is 0.463 e. The summed E-state index contributed by atoms with van der Waals surface area (Å²) in [5.41, 5.74) is -0.457. The topological polar surface area (TPSA) is 72.4 Å². The lowest BCUT2D eigenvalue weighted by Gasteiger charge is -2.11. The molecule has 0 aliphatic heterocycles. The predicted octanol–water partition coefficient (Wildman–Crippen LogP) is 5.22. The number of carbonyl (C=O) groups is 1. The van der Waals surface area contributed by atoms with Crippen LogP contribution in [0.1, 0.15) is 21.6 Å². The first kappa shape index (κ1) is 19.0. The number of nitrogens with zero attached hydrogens (tertiary/aromatic N) is 3. The van der Waals surface area contributed by atoms with Crippen molar-refractivity contribution in [3.05, 3.63) is 70.7 Å². The first-order chi connectivity index (χ1) is 13.8. The number of anilines is 1. The second-order valence-corrected chi connectivity index (χ2v) is 6.57. The molecular weight excluding hydrogens is 409 g/mol. The highest BCUT2D eigenvalue weighted by atomic mass is 35.5. The highest BCUT2D eigenvalue weighted by molar-refractivity contribution is 6.31. The maximum atomic E-state index is 13.6. The van der Waals surface area contributed by atoms with E-state index in [1.54, 1.807) is 25.1 Å². The molecule has 6 nitrogen and oxygen atoms in total. The molecule has 0 unspecified atom stereocenters. The van der Waals surface area contributed by atoms with E-state index in [1.807, 2.05) is 0 Å². The Morgan fingerprint density at radius 1 is 1.24 bits per heavy atom. The van der Waals surface area contributed by atoms with Gasteiger partial charge in [-0.1, -0.05) is 17.7 Å². The molecule has 1 aromatic carbocycles. The molecule has 10 heteroatoms. The van der Waals surface area contributed by atoms with Crippen LogP contribution in [0.2, 0.25) is 5.02 Å². The van der Waals surface area contributed by atoms with Crippen LogP contribution in [0, 0.1) is 6.92 Å². The van der Waals surface area contributed by atoms with Crippen LogP contribution in [0.5, 0.6) is 0 Å². The molecule has 0 spiro atoms. The first-order valence-electron chi connectivity index (χ1n) is 8.32.